The number of benzene rings is 3. The van der Waals surface area contributed by atoms with Crippen molar-refractivity contribution in [3.63, 3.8) is 0 Å². The van der Waals surface area contributed by atoms with Crippen LogP contribution in [0, 0.1) is 19.7 Å². The number of fused-ring (bicyclic) bond motifs is 3. The van der Waals surface area contributed by atoms with Gasteiger partial charge in [-0.2, -0.15) is 0 Å². The Morgan fingerprint density at radius 1 is 0.773 bits per heavy atom. The molecule has 108 valence electrons. The molecule has 0 aliphatic carbocycles. The highest BCUT2D eigenvalue weighted by Crippen LogP contribution is 2.34. The van der Waals surface area contributed by atoms with Crippen LogP contribution in [0.15, 0.2) is 59.0 Å². The molecule has 0 atom stereocenters. The Bertz CT molecular complexity index is 994. The molecule has 4 rings (SSSR count). The normalized spacial score (nSPS) is 11.4. The fourth-order valence-electron chi connectivity index (χ4n) is 2.89. The topological polar surface area (TPSA) is 13.1 Å². The first-order valence-corrected chi connectivity index (χ1v) is 7.32. The summed E-state index contributed by atoms with van der Waals surface area (Å²) < 4.78 is 19.1. The van der Waals surface area contributed by atoms with Crippen molar-refractivity contribution in [2.45, 2.75) is 13.8 Å². The molecule has 0 N–H and O–H groups in total. The molecular formula is C20H15FO. The number of hydrogen-bond donors (Lipinski definition) is 0. The van der Waals surface area contributed by atoms with Crippen molar-refractivity contribution in [3.05, 3.63) is 71.5 Å². The van der Waals surface area contributed by atoms with Crippen LogP contribution in [0.4, 0.5) is 4.39 Å². The highest BCUT2D eigenvalue weighted by Gasteiger charge is 2.11. The van der Waals surface area contributed by atoms with Crippen LogP contribution < -0.4 is 0 Å². The molecule has 0 saturated carbocycles. The van der Waals surface area contributed by atoms with E-state index in [1.165, 1.54) is 23.3 Å². The fourth-order valence-corrected chi connectivity index (χ4v) is 2.89. The molecule has 0 unspecified atom stereocenters. The van der Waals surface area contributed by atoms with Crippen molar-refractivity contribution in [1.82, 2.24) is 0 Å². The van der Waals surface area contributed by atoms with Gasteiger partial charge < -0.3 is 4.42 Å². The predicted octanol–water partition coefficient (Wildman–Crippen LogP) is 6.01. The molecule has 4 aromatic rings. The summed E-state index contributed by atoms with van der Waals surface area (Å²) in [5, 5.41) is 2.26. The van der Waals surface area contributed by atoms with E-state index >= 15 is 0 Å². The number of aryl methyl sites for hydroxylation is 2. The second kappa shape index (κ2) is 4.70. The van der Waals surface area contributed by atoms with Crippen LogP contribution >= 0.6 is 0 Å². The van der Waals surface area contributed by atoms with Crippen LogP contribution in [-0.2, 0) is 0 Å². The van der Waals surface area contributed by atoms with Crippen LogP contribution in [0.2, 0.25) is 0 Å². The number of furan rings is 1. The molecule has 0 radical (unpaired) electrons. The van der Waals surface area contributed by atoms with Gasteiger partial charge in [-0.25, -0.2) is 4.39 Å². The molecule has 0 aliphatic rings. The molecule has 1 aromatic heterocycles. The summed E-state index contributed by atoms with van der Waals surface area (Å²) in [6, 6.07) is 16.9. The first kappa shape index (κ1) is 13.1. The van der Waals surface area contributed by atoms with Crippen LogP contribution in [0.1, 0.15) is 11.1 Å². The lowest BCUT2D eigenvalue weighted by atomic mass is 10.0. The maximum absolute atomic E-state index is 13.1. The summed E-state index contributed by atoms with van der Waals surface area (Å²) in [4.78, 5) is 0. The van der Waals surface area contributed by atoms with E-state index in [1.54, 1.807) is 12.1 Å². The molecular weight excluding hydrogens is 275 g/mol. The molecule has 22 heavy (non-hydrogen) atoms. The number of hydrogen-bond acceptors (Lipinski definition) is 1. The number of halogens is 1. The van der Waals surface area contributed by atoms with Gasteiger partial charge >= 0.3 is 0 Å². The lowest BCUT2D eigenvalue weighted by molar-refractivity contribution is 0.628. The van der Waals surface area contributed by atoms with Gasteiger partial charge in [-0.1, -0.05) is 30.3 Å². The van der Waals surface area contributed by atoms with Crippen molar-refractivity contribution >= 4 is 21.9 Å². The third-order valence-corrected chi connectivity index (χ3v) is 4.34. The van der Waals surface area contributed by atoms with Crippen LogP contribution in [0.5, 0.6) is 0 Å². The smallest absolute Gasteiger partial charge is 0.138 e. The maximum atomic E-state index is 13.1. The minimum absolute atomic E-state index is 0.223. The summed E-state index contributed by atoms with van der Waals surface area (Å²) in [6.07, 6.45) is 0. The van der Waals surface area contributed by atoms with E-state index < -0.39 is 0 Å². The quantitative estimate of drug-likeness (QED) is 0.418. The van der Waals surface area contributed by atoms with Crippen LogP contribution in [0.3, 0.4) is 0 Å². The Balaban J connectivity index is 1.96. The summed E-state index contributed by atoms with van der Waals surface area (Å²) >= 11 is 0. The SMILES string of the molecule is Cc1ccc2c(oc3cc(-c4ccc(F)cc4)ccc32)c1C. The van der Waals surface area contributed by atoms with Gasteiger partial charge in [0.1, 0.15) is 17.0 Å². The van der Waals surface area contributed by atoms with Crippen molar-refractivity contribution in [3.8, 4) is 11.1 Å². The summed E-state index contributed by atoms with van der Waals surface area (Å²) in [6.45, 7) is 4.17. The Morgan fingerprint density at radius 2 is 1.45 bits per heavy atom. The largest absolute Gasteiger partial charge is 0.456 e. The van der Waals surface area contributed by atoms with E-state index in [0.29, 0.717) is 0 Å². The van der Waals surface area contributed by atoms with Gasteiger partial charge in [-0.05, 0) is 60.4 Å². The Kier molecular flexibility index (Phi) is 2.80. The highest BCUT2D eigenvalue weighted by atomic mass is 19.1. The fraction of sp³-hybridized carbons (Fsp3) is 0.100. The molecule has 0 spiro atoms. The van der Waals surface area contributed by atoms with Gasteiger partial charge in [0.2, 0.25) is 0 Å². The second-order valence-electron chi connectivity index (χ2n) is 5.70. The molecule has 1 nitrogen and oxygen atoms in total. The predicted molar refractivity (Wildman–Crippen MR) is 88.6 cm³/mol. The summed E-state index contributed by atoms with van der Waals surface area (Å²) in [7, 11) is 0. The second-order valence-corrected chi connectivity index (χ2v) is 5.70. The van der Waals surface area contributed by atoms with E-state index in [1.807, 2.05) is 6.07 Å². The summed E-state index contributed by atoms with van der Waals surface area (Å²) in [5.74, 6) is -0.223. The minimum atomic E-state index is -0.223. The molecule has 0 aliphatic heterocycles. The summed E-state index contributed by atoms with van der Waals surface area (Å²) in [5.41, 5.74) is 6.23. The molecule has 0 amide bonds. The standard InChI is InChI=1S/C20H15FO/c1-12-3-9-18-17-10-6-15(14-4-7-16(21)8-5-14)11-19(17)22-20(18)13(12)2/h3-11H,1-2H3. The third-order valence-electron chi connectivity index (χ3n) is 4.34. The van der Waals surface area contributed by atoms with Gasteiger partial charge in [0.15, 0.2) is 0 Å². The average molecular weight is 290 g/mol. The molecule has 2 heteroatoms. The maximum Gasteiger partial charge on any atom is 0.138 e. The molecule has 0 fully saturated rings. The van der Waals surface area contributed by atoms with Crippen LogP contribution in [-0.4, -0.2) is 0 Å². The zero-order valence-electron chi connectivity index (χ0n) is 12.5. The van der Waals surface area contributed by atoms with E-state index in [0.717, 1.165) is 33.1 Å². The van der Waals surface area contributed by atoms with E-state index in [-0.39, 0.29) is 5.82 Å². The minimum Gasteiger partial charge on any atom is -0.456 e. The molecule has 3 aromatic carbocycles. The average Bonchev–Trinajstić information content (AvgIpc) is 2.90. The zero-order chi connectivity index (χ0) is 15.3. The first-order chi connectivity index (χ1) is 10.6. The first-order valence-electron chi connectivity index (χ1n) is 7.32. The molecule has 0 bridgehead atoms. The van der Waals surface area contributed by atoms with Crippen molar-refractivity contribution in [2.75, 3.05) is 0 Å². The van der Waals surface area contributed by atoms with E-state index in [4.69, 9.17) is 4.42 Å². The highest BCUT2D eigenvalue weighted by molar-refractivity contribution is 6.07. The zero-order valence-corrected chi connectivity index (χ0v) is 12.5. The molecule has 0 saturated heterocycles. The van der Waals surface area contributed by atoms with Gasteiger partial charge in [0.05, 0.1) is 0 Å². The van der Waals surface area contributed by atoms with Crippen LogP contribution in [0.25, 0.3) is 33.1 Å². The van der Waals surface area contributed by atoms with E-state index in [9.17, 15) is 4.39 Å². The lowest BCUT2D eigenvalue weighted by Crippen LogP contribution is -1.79. The van der Waals surface area contributed by atoms with Crippen molar-refractivity contribution in [1.29, 1.82) is 0 Å². The van der Waals surface area contributed by atoms with Gasteiger partial charge in [-0.15, -0.1) is 0 Å². The van der Waals surface area contributed by atoms with Crippen molar-refractivity contribution in [2.24, 2.45) is 0 Å². The number of rotatable bonds is 1. The van der Waals surface area contributed by atoms with Gasteiger partial charge in [0.25, 0.3) is 0 Å². The Labute approximate surface area is 128 Å². The van der Waals surface area contributed by atoms with E-state index in [2.05, 4.69) is 38.1 Å². The lowest BCUT2D eigenvalue weighted by Gasteiger charge is -2.01. The van der Waals surface area contributed by atoms with Crippen molar-refractivity contribution < 1.29 is 8.81 Å². The molecule has 1 heterocycles. The Morgan fingerprint density at radius 3 is 2.23 bits per heavy atom. The Hall–Kier alpha value is -2.61. The van der Waals surface area contributed by atoms with Gasteiger partial charge in [-0.3, -0.25) is 0 Å². The third kappa shape index (κ3) is 1.92. The monoisotopic (exact) mass is 290 g/mol. The van der Waals surface area contributed by atoms with Gasteiger partial charge in [0, 0.05) is 10.8 Å².